The van der Waals surface area contributed by atoms with Crippen LogP contribution in [-0.2, 0) is 13.0 Å². The van der Waals surface area contributed by atoms with E-state index in [1.807, 2.05) is 24.3 Å². The van der Waals surface area contributed by atoms with Gasteiger partial charge in [0.05, 0.1) is 7.11 Å². The number of oxazole rings is 1. The van der Waals surface area contributed by atoms with Gasteiger partial charge in [-0.3, -0.25) is 4.79 Å². The van der Waals surface area contributed by atoms with Gasteiger partial charge in [-0.2, -0.15) is 0 Å². The van der Waals surface area contributed by atoms with Gasteiger partial charge in [0.15, 0.2) is 11.6 Å². The van der Waals surface area contributed by atoms with Crippen molar-refractivity contribution < 1.29 is 13.9 Å². The fourth-order valence-electron chi connectivity index (χ4n) is 1.67. The summed E-state index contributed by atoms with van der Waals surface area (Å²) in [5, 5.41) is 2.77. The maximum atomic E-state index is 11.9. The van der Waals surface area contributed by atoms with Crippen molar-refractivity contribution in [3.8, 4) is 5.75 Å². The van der Waals surface area contributed by atoms with Crippen molar-refractivity contribution in [3.63, 3.8) is 0 Å². The highest BCUT2D eigenvalue weighted by atomic mass is 16.5. The maximum absolute atomic E-state index is 11.9. The number of nitrogens with zero attached hydrogens (tertiary/aromatic N) is 1. The summed E-state index contributed by atoms with van der Waals surface area (Å²) in [5.41, 5.74) is 6.64. The molecule has 0 spiro atoms. The van der Waals surface area contributed by atoms with Crippen LogP contribution < -0.4 is 15.8 Å². The molecule has 3 N–H and O–H groups in total. The van der Waals surface area contributed by atoms with Gasteiger partial charge < -0.3 is 20.2 Å². The number of amides is 1. The molecule has 0 fully saturated rings. The number of carbonyl (C=O) groups excluding carboxylic acids is 1. The minimum Gasteiger partial charge on any atom is -0.497 e. The van der Waals surface area contributed by atoms with Gasteiger partial charge in [-0.1, -0.05) is 12.1 Å². The summed E-state index contributed by atoms with van der Waals surface area (Å²) in [7, 11) is 1.61. The van der Waals surface area contributed by atoms with Crippen molar-refractivity contribution in [2.24, 2.45) is 5.73 Å². The Morgan fingerprint density at radius 2 is 2.15 bits per heavy atom. The molecular formula is C14H17N3O3. The molecule has 1 heterocycles. The van der Waals surface area contributed by atoms with E-state index in [-0.39, 0.29) is 11.6 Å². The van der Waals surface area contributed by atoms with E-state index in [0.29, 0.717) is 25.4 Å². The number of carbonyl (C=O) groups is 1. The molecule has 0 bridgehead atoms. The lowest BCUT2D eigenvalue weighted by Gasteiger charge is -2.04. The molecule has 0 unspecified atom stereocenters. The fraction of sp³-hybridized carbons (Fsp3) is 0.286. The second-order valence-electron chi connectivity index (χ2n) is 4.20. The summed E-state index contributed by atoms with van der Waals surface area (Å²) >= 11 is 0. The summed E-state index contributed by atoms with van der Waals surface area (Å²) in [6, 6.07) is 7.47. The molecule has 0 aliphatic rings. The first-order chi connectivity index (χ1) is 9.72. The Morgan fingerprint density at radius 3 is 2.80 bits per heavy atom. The zero-order valence-electron chi connectivity index (χ0n) is 11.3. The lowest BCUT2D eigenvalue weighted by Crippen LogP contribution is -2.23. The van der Waals surface area contributed by atoms with Crippen LogP contribution in [0.5, 0.6) is 5.75 Å². The zero-order valence-corrected chi connectivity index (χ0v) is 11.3. The molecule has 6 nitrogen and oxygen atoms in total. The molecule has 6 heteroatoms. The van der Waals surface area contributed by atoms with Crippen LogP contribution in [0.1, 0.15) is 21.9 Å². The summed E-state index contributed by atoms with van der Waals surface area (Å²) in [6.07, 6.45) is 1.86. The summed E-state index contributed by atoms with van der Waals surface area (Å²) < 4.78 is 10.2. The van der Waals surface area contributed by atoms with Crippen LogP contribution in [0, 0.1) is 0 Å². The van der Waals surface area contributed by atoms with Crippen LogP contribution in [0.2, 0.25) is 0 Å². The number of rotatable bonds is 6. The van der Waals surface area contributed by atoms with E-state index in [9.17, 15) is 4.79 Å². The van der Waals surface area contributed by atoms with E-state index in [4.69, 9.17) is 14.9 Å². The Balaban J connectivity index is 1.90. The normalized spacial score (nSPS) is 10.3. The van der Waals surface area contributed by atoms with E-state index in [1.54, 1.807) is 7.11 Å². The van der Waals surface area contributed by atoms with E-state index in [2.05, 4.69) is 10.3 Å². The van der Waals surface area contributed by atoms with Crippen LogP contribution in [0.25, 0.3) is 0 Å². The molecular weight excluding hydrogens is 258 g/mol. The number of nitrogens with one attached hydrogen (secondary N) is 1. The molecule has 2 aromatic rings. The standard InChI is InChI=1S/C14H17N3O3/c1-19-11-4-2-10(3-5-11)8-16-14(18)12-9-20-13(17-12)6-7-15/h2-5,9H,6-8,15H2,1H3,(H,16,18). The Kier molecular flexibility index (Phi) is 4.73. The molecule has 20 heavy (non-hydrogen) atoms. The predicted molar refractivity (Wildman–Crippen MR) is 73.4 cm³/mol. The summed E-state index contributed by atoms with van der Waals surface area (Å²) in [4.78, 5) is 15.9. The summed E-state index contributed by atoms with van der Waals surface area (Å²) in [6.45, 7) is 0.856. The minimum absolute atomic E-state index is 0.266. The van der Waals surface area contributed by atoms with Crippen molar-refractivity contribution in [1.82, 2.24) is 10.3 Å². The lowest BCUT2D eigenvalue weighted by atomic mass is 10.2. The third kappa shape index (κ3) is 3.58. The second kappa shape index (κ2) is 6.72. The number of nitrogens with two attached hydrogens (primary N) is 1. The SMILES string of the molecule is COc1ccc(CNC(=O)c2coc(CCN)n2)cc1. The van der Waals surface area contributed by atoms with E-state index < -0.39 is 0 Å². The Morgan fingerprint density at radius 1 is 1.40 bits per heavy atom. The number of hydrogen-bond acceptors (Lipinski definition) is 5. The first-order valence-corrected chi connectivity index (χ1v) is 6.28. The van der Waals surface area contributed by atoms with Gasteiger partial charge in [-0.15, -0.1) is 0 Å². The molecule has 1 amide bonds. The monoisotopic (exact) mass is 275 g/mol. The van der Waals surface area contributed by atoms with Crippen molar-refractivity contribution in [1.29, 1.82) is 0 Å². The second-order valence-corrected chi connectivity index (χ2v) is 4.20. The first kappa shape index (κ1) is 14.1. The highest BCUT2D eigenvalue weighted by Gasteiger charge is 2.11. The highest BCUT2D eigenvalue weighted by molar-refractivity contribution is 5.91. The highest BCUT2D eigenvalue weighted by Crippen LogP contribution is 2.11. The molecule has 0 aliphatic carbocycles. The average molecular weight is 275 g/mol. The van der Waals surface area contributed by atoms with Gasteiger partial charge in [0.1, 0.15) is 12.0 Å². The molecule has 106 valence electrons. The number of aromatic nitrogens is 1. The average Bonchev–Trinajstić information content (AvgIpc) is 2.94. The number of ether oxygens (including phenoxy) is 1. The van der Waals surface area contributed by atoms with Crippen molar-refractivity contribution in [2.75, 3.05) is 13.7 Å². The molecule has 0 aliphatic heterocycles. The molecule has 1 aromatic carbocycles. The first-order valence-electron chi connectivity index (χ1n) is 6.28. The van der Waals surface area contributed by atoms with E-state index in [1.165, 1.54) is 6.26 Å². The fourth-order valence-corrected chi connectivity index (χ4v) is 1.67. The number of benzene rings is 1. The molecule has 0 saturated carbocycles. The smallest absolute Gasteiger partial charge is 0.273 e. The Hall–Kier alpha value is -2.34. The van der Waals surface area contributed by atoms with Gasteiger partial charge in [-0.25, -0.2) is 4.98 Å². The number of hydrogen-bond donors (Lipinski definition) is 2. The van der Waals surface area contributed by atoms with Gasteiger partial charge >= 0.3 is 0 Å². The predicted octanol–water partition coefficient (Wildman–Crippen LogP) is 1.11. The lowest BCUT2D eigenvalue weighted by molar-refractivity contribution is 0.0946. The number of methoxy groups -OCH3 is 1. The minimum atomic E-state index is -0.271. The van der Waals surface area contributed by atoms with Crippen LogP contribution >= 0.6 is 0 Å². The molecule has 0 radical (unpaired) electrons. The van der Waals surface area contributed by atoms with Gasteiger partial charge in [0.25, 0.3) is 5.91 Å². The van der Waals surface area contributed by atoms with Gasteiger partial charge in [0, 0.05) is 19.5 Å². The molecule has 0 saturated heterocycles. The van der Waals surface area contributed by atoms with E-state index in [0.717, 1.165) is 11.3 Å². The topological polar surface area (TPSA) is 90.4 Å². The largest absolute Gasteiger partial charge is 0.497 e. The maximum Gasteiger partial charge on any atom is 0.273 e. The van der Waals surface area contributed by atoms with Crippen molar-refractivity contribution >= 4 is 5.91 Å². The Bertz CT molecular complexity index is 563. The van der Waals surface area contributed by atoms with Crippen LogP contribution in [0.4, 0.5) is 0 Å². The summed E-state index contributed by atoms with van der Waals surface area (Å²) in [5.74, 6) is 0.984. The molecule has 2 rings (SSSR count). The molecule has 1 aromatic heterocycles. The van der Waals surface area contributed by atoms with E-state index >= 15 is 0 Å². The third-order valence-electron chi connectivity index (χ3n) is 2.75. The molecule has 0 atom stereocenters. The van der Waals surface area contributed by atoms with Crippen molar-refractivity contribution in [3.05, 3.63) is 47.7 Å². The quantitative estimate of drug-likeness (QED) is 0.824. The zero-order chi connectivity index (χ0) is 14.4. The van der Waals surface area contributed by atoms with Crippen LogP contribution in [0.3, 0.4) is 0 Å². The van der Waals surface area contributed by atoms with Crippen LogP contribution in [-0.4, -0.2) is 24.5 Å². The van der Waals surface area contributed by atoms with Gasteiger partial charge in [-0.05, 0) is 17.7 Å². The Labute approximate surface area is 116 Å². The van der Waals surface area contributed by atoms with Gasteiger partial charge in [0.2, 0.25) is 0 Å². The van der Waals surface area contributed by atoms with Crippen LogP contribution in [0.15, 0.2) is 34.9 Å². The van der Waals surface area contributed by atoms with Crippen molar-refractivity contribution in [2.45, 2.75) is 13.0 Å². The third-order valence-corrected chi connectivity index (χ3v) is 2.75.